The summed E-state index contributed by atoms with van der Waals surface area (Å²) in [5, 5.41) is 12.1. The molecule has 0 aliphatic carbocycles. The third kappa shape index (κ3) is 3.40. The second kappa shape index (κ2) is 5.64. The first-order chi connectivity index (χ1) is 9.06. The molecule has 7 nitrogen and oxygen atoms in total. The third-order valence-corrected chi connectivity index (χ3v) is 2.87. The van der Waals surface area contributed by atoms with Crippen molar-refractivity contribution in [2.45, 2.75) is 32.4 Å². The van der Waals surface area contributed by atoms with Gasteiger partial charge in [0.2, 0.25) is 5.91 Å². The number of nitrogens with zero attached hydrogens (tertiary/aromatic N) is 4. The predicted molar refractivity (Wildman–Crippen MR) is 69.3 cm³/mol. The van der Waals surface area contributed by atoms with E-state index in [9.17, 15) is 9.59 Å². The van der Waals surface area contributed by atoms with Gasteiger partial charge >= 0.3 is 0 Å². The molecule has 1 N–H and O–H groups in total. The Morgan fingerprint density at radius 2 is 2.32 bits per heavy atom. The largest absolute Gasteiger partial charge is 0.347 e. The van der Waals surface area contributed by atoms with E-state index in [1.54, 1.807) is 17.9 Å². The minimum absolute atomic E-state index is 0.0574. The van der Waals surface area contributed by atoms with Gasteiger partial charge in [0.1, 0.15) is 5.71 Å². The quantitative estimate of drug-likeness (QED) is 0.830. The Labute approximate surface area is 111 Å². The first-order valence-corrected chi connectivity index (χ1v) is 6.18. The van der Waals surface area contributed by atoms with Gasteiger partial charge in [0.05, 0.1) is 6.54 Å². The van der Waals surface area contributed by atoms with E-state index in [4.69, 9.17) is 0 Å². The lowest BCUT2D eigenvalue weighted by Crippen LogP contribution is -2.42. The molecule has 1 atom stereocenters. The Balaban J connectivity index is 1.90. The van der Waals surface area contributed by atoms with E-state index in [1.165, 1.54) is 5.01 Å². The van der Waals surface area contributed by atoms with E-state index in [0.717, 1.165) is 0 Å². The molecule has 0 fully saturated rings. The minimum atomic E-state index is -0.223. The Bertz CT molecular complexity index is 494. The number of hydrogen-bond acceptors (Lipinski definition) is 4. The van der Waals surface area contributed by atoms with Gasteiger partial charge in [-0.2, -0.15) is 10.2 Å². The van der Waals surface area contributed by atoms with Crippen molar-refractivity contribution in [3.8, 4) is 0 Å². The molecule has 0 saturated carbocycles. The van der Waals surface area contributed by atoms with Crippen LogP contribution in [0.5, 0.6) is 0 Å². The van der Waals surface area contributed by atoms with Crippen LogP contribution in [0.3, 0.4) is 0 Å². The fourth-order valence-electron chi connectivity index (χ4n) is 1.87. The number of nitrogens with one attached hydrogen (secondary N) is 1. The van der Waals surface area contributed by atoms with Crippen LogP contribution in [0.1, 0.15) is 19.8 Å². The SMILES string of the molecule is C[C@H](Cn1cccn1)NC(=O)C1=NN(C)C(=O)CC1. The molecule has 0 spiro atoms. The Kier molecular flexibility index (Phi) is 3.94. The fourth-order valence-corrected chi connectivity index (χ4v) is 1.87. The van der Waals surface area contributed by atoms with Gasteiger partial charge in [-0.1, -0.05) is 0 Å². The summed E-state index contributed by atoms with van der Waals surface area (Å²) in [6, 6.07) is 1.78. The molecular weight excluding hydrogens is 246 g/mol. The van der Waals surface area contributed by atoms with E-state index < -0.39 is 0 Å². The minimum Gasteiger partial charge on any atom is -0.347 e. The van der Waals surface area contributed by atoms with Gasteiger partial charge in [-0.05, 0) is 13.0 Å². The van der Waals surface area contributed by atoms with Gasteiger partial charge < -0.3 is 5.32 Å². The monoisotopic (exact) mass is 263 g/mol. The first kappa shape index (κ1) is 13.3. The number of hydrazone groups is 1. The lowest BCUT2D eigenvalue weighted by molar-refractivity contribution is -0.130. The molecule has 2 amide bonds. The van der Waals surface area contributed by atoms with Crippen LogP contribution in [-0.4, -0.2) is 45.4 Å². The Hall–Kier alpha value is -2.18. The molecule has 1 aliphatic rings. The molecule has 0 radical (unpaired) electrons. The summed E-state index contributed by atoms with van der Waals surface area (Å²) >= 11 is 0. The summed E-state index contributed by atoms with van der Waals surface area (Å²) < 4.78 is 1.75. The number of carbonyl (C=O) groups is 2. The summed E-state index contributed by atoms with van der Waals surface area (Å²) in [5.74, 6) is -0.292. The molecule has 1 aliphatic heterocycles. The number of hydrogen-bond donors (Lipinski definition) is 1. The maximum absolute atomic E-state index is 12.0. The van der Waals surface area contributed by atoms with Gasteiger partial charge in [-0.3, -0.25) is 14.3 Å². The van der Waals surface area contributed by atoms with Gasteiger partial charge in [0.15, 0.2) is 0 Å². The van der Waals surface area contributed by atoms with Gasteiger partial charge in [0, 0.05) is 38.3 Å². The third-order valence-electron chi connectivity index (χ3n) is 2.87. The van der Waals surface area contributed by atoms with Crippen molar-refractivity contribution >= 4 is 17.5 Å². The van der Waals surface area contributed by atoms with Crippen molar-refractivity contribution < 1.29 is 9.59 Å². The molecule has 7 heteroatoms. The lowest BCUT2D eigenvalue weighted by Gasteiger charge is -2.20. The summed E-state index contributed by atoms with van der Waals surface area (Å²) in [5.41, 5.74) is 0.398. The highest BCUT2D eigenvalue weighted by molar-refractivity contribution is 6.39. The van der Waals surface area contributed by atoms with Crippen LogP contribution in [0.15, 0.2) is 23.6 Å². The second-order valence-corrected chi connectivity index (χ2v) is 4.57. The molecule has 1 aromatic rings. The van der Waals surface area contributed by atoms with Crippen LogP contribution in [0, 0.1) is 0 Å². The van der Waals surface area contributed by atoms with E-state index in [2.05, 4.69) is 15.5 Å². The van der Waals surface area contributed by atoms with Crippen LogP contribution in [-0.2, 0) is 16.1 Å². The zero-order valence-electron chi connectivity index (χ0n) is 11.0. The van der Waals surface area contributed by atoms with Crippen molar-refractivity contribution in [3.05, 3.63) is 18.5 Å². The van der Waals surface area contributed by atoms with E-state index in [-0.39, 0.29) is 17.9 Å². The molecule has 19 heavy (non-hydrogen) atoms. The number of rotatable bonds is 4. The van der Waals surface area contributed by atoms with Crippen molar-refractivity contribution in [1.29, 1.82) is 0 Å². The zero-order chi connectivity index (χ0) is 13.8. The maximum atomic E-state index is 12.0. The maximum Gasteiger partial charge on any atom is 0.267 e. The lowest BCUT2D eigenvalue weighted by atomic mass is 10.1. The van der Waals surface area contributed by atoms with Crippen molar-refractivity contribution in [2.24, 2.45) is 5.10 Å². The van der Waals surface area contributed by atoms with Crippen molar-refractivity contribution in [3.63, 3.8) is 0 Å². The smallest absolute Gasteiger partial charge is 0.267 e. The summed E-state index contributed by atoms with van der Waals surface area (Å²) in [4.78, 5) is 23.3. The zero-order valence-corrected chi connectivity index (χ0v) is 11.0. The van der Waals surface area contributed by atoms with E-state index in [0.29, 0.717) is 25.1 Å². The molecule has 1 aromatic heterocycles. The van der Waals surface area contributed by atoms with Crippen LogP contribution in [0.25, 0.3) is 0 Å². The fraction of sp³-hybridized carbons (Fsp3) is 0.500. The number of aromatic nitrogens is 2. The van der Waals surface area contributed by atoms with Crippen LogP contribution in [0.2, 0.25) is 0 Å². The van der Waals surface area contributed by atoms with E-state index >= 15 is 0 Å². The summed E-state index contributed by atoms with van der Waals surface area (Å²) in [6.07, 6.45) is 4.26. The second-order valence-electron chi connectivity index (χ2n) is 4.57. The molecule has 0 unspecified atom stereocenters. The van der Waals surface area contributed by atoms with Crippen LogP contribution >= 0.6 is 0 Å². The molecule has 102 valence electrons. The van der Waals surface area contributed by atoms with Crippen LogP contribution < -0.4 is 5.32 Å². The molecule has 0 saturated heterocycles. The highest BCUT2D eigenvalue weighted by atomic mass is 16.2. The van der Waals surface area contributed by atoms with Crippen molar-refractivity contribution in [2.75, 3.05) is 7.05 Å². The molecule has 0 bridgehead atoms. The van der Waals surface area contributed by atoms with Crippen molar-refractivity contribution in [1.82, 2.24) is 20.1 Å². The highest BCUT2D eigenvalue weighted by Gasteiger charge is 2.22. The summed E-state index contributed by atoms with van der Waals surface area (Å²) in [7, 11) is 1.56. The normalized spacial score (nSPS) is 17.1. The van der Waals surface area contributed by atoms with Gasteiger partial charge in [-0.15, -0.1) is 0 Å². The highest BCUT2D eigenvalue weighted by Crippen LogP contribution is 2.07. The molecular formula is C12H17N5O2. The predicted octanol–water partition coefficient (Wildman–Crippen LogP) is -0.00400. The Morgan fingerprint density at radius 1 is 1.53 bits per heavy atom. The van der Waals surface area contributed by atoms with Crippen LogP contribution in [0.4, 0.5) is 0 Å². The average molecular weight is 263 g/mol. The summed E-state index contributed by atoms with van der Waals surface area (Å²) in [6.45, 7) is 2.50. The number of carbonyl (C=O) groups excluding carboxylic acids is 2. The average Bonchev–Trinajstić information content (AvgIpc) is 2.85. The first-order valence-electron chi connectivity index (χ1n) is 6.18. The molecule has 0 aromatic carbocycles. The standard InChI is InChI=1S/C12H17N5O2/c1-9(8-17-7-3-6-13-17)14-12(19)10-4-5-11(18)16(2)15-10/h3,6-7,9H,4-5,8H2,1-2H3,(H,14,19)/t9-/m1/s1. The van der Waals surface area contributed by atoms with Gasteiger partial charge in [0.25, 0.3) is 5.91 Å². The van der Waals surface area contributed by atoms with E-state index in [1.807, 2.05) is 19.2 Å². The molecule has 2 heterocycles. The molecule has 2 rings (SSSR count). The Morgan fingerprint density at radius 3 is 2.95 bits per heavy atom. The van der Waals surface area contributed by atoms with Gasteiger partial charge in [-0.25, -0.2) is 5.01 Å². The number of amides is 2. The topological polar surface area (TPSA) is 79.6 Å².